The number of nitrogens with zero attached hydrogens (tertiary/aromatic N) is 3. The maximum absolute atomic E-state index is 13.9. The van der Waals surface area contributed by atoms with E-state index in [2.05, 4.69) is 15.5 Å². The Bertz CT molecular complexity index is 1620. The van der Waals surface area contributed by atoms with Crippen LogP contribution in [0.2, 0.25) is 0 Å². The summed E-state index contributed by atoms with van der Waals surface area (Å²) in [6.45, 7) is 3.74. The number of carbonyl (C=O) groups excluding carboxylic acids is 1. The van der Waals surface area contributed by atoms with Gasteiger partial charge in [-0.15, -0.1) is 0 Å². The molecule has 1 aromatic heterocycles. The molecule has 6 rings (SSSR count). The van der Waals surface area contributed by atoms with Gasteiger partial charge in [-0.05, 0) is 81.1 Å². The van der Waals surface area contributed by atoms with Crippen molar-refractivity contribution in [1.82, 2.24) is 9.97 Å². The van der Waals surface area contributed by atoms with Gasteiger partial charge >= 0.3 is 12.2 Å². The fraction of sp³-hybridized carbons (Fsp3) is 0.452. The summed E-state index contributed by atoms with van der Waals surface area (Å²) in [5.74, 6) is 1.05. The molecule has 44 heavy (non-hydrogen) atoms. The molecule has 13 heteroatoms. The van der Waals surface area contributed by atoms with E-state index in [1.54, 1.807) is 24.3 Å². The number of anilines is 3. The number of hydrogen-bond donors (Lipinski definition) is 2. The summed E-state index contributed by atoms with van der Waals surface area (Å²) in [7, 11) is -3.44. The van der Waals surface area contributed by atoms with Crippen LogP contribution in [0.1, 0.15) is 56.7 Å². The fourth-order valence-corrected chi connectivity index (χ4v) is 8.73. The molecule has 3 aromatic rings. The second-order valence-corrected chi connectivity index (χ2v) is 14.3. The predicted molar refractivity (Wildman–Crippen MR) is 161 cm³/mol. The van der Waals surface area contributed by atoms with Crippen molar-refractivity contribution in [3.8, 4) is 11.4 Å². The summed E-state index contributed by atoms with van der Waals surface area (Å²) in [5.41, 5.74) is 1.03. The first-order valence-electron chi connectivity index (χ1n) is 14.8. The number of morpholine rings is 1. The number of alkyl halides is 3. The van der Waals surface area contributed by atoms with E-state index in [9.17, 15) is 26.4 Å². The van der Waals surface area contributed by atoms with Gasteiger partial charge in [-0.25, -0.2) is 23.2 Å². The van der Waals surface area contributed by atoms with Gasteiger partial charge in [-0.3, -0.25) is 0 Å². The number of rotatable bonds is 7. The summed E-state index contributed by atoms with van der Waals surface area (Å²) in [6, 6.07) is 12.2. The molecule has 9 nitrogen and oxygen atoms in total. The number of sulfone groups is 1. The Morgan fingerprint density at radius 3 is 2.16 bits per heavy atom. The van der Waals surface area contributed by atoms with Crippen LogP contribution in [0.25, 0.3) is 11.4 Å². The molecule has 1 atom stereocenters. The maximum Gasteiger partial charge on any atom is 0.416 e. The van der Waals surface area contributed by atoms with Crippen molar-refractivity contribution in [2.24, 2.45) is 0 Å². The highest BCUT2D eigenvalue weighted by Crippen LogP contribution is 2.56. The Hall–Kier alpha value is -3.71. The third kappa shape index (κ3) is 5.99. The molecule has 0 unspecified atom stereocenters. The van der Waals surface area contributed by atoms with Crippen LogP contribution in [-0.4, -0.2) is 55.5 Å². The van der Waals surface area contributed by atoms with Gasteiger partial charge in [-0.2, -0.15) is 13.2 Å². The maximum atomic E-state index is 13.9. The van der Waals surface area contributed by atoms with E-state index in [1.807, 2.05) is 13.0 Å². The molecule has 234 valence electrons. The lowest BCUT2D eigenvalue weighted by Gasteiger charge is -2.35. The number of benzene rings is 2. The van der Waals surface area contributed by atoms with E-state index >= 15 is 0 Å². The van der Waals surface area contributed by atoms with Crippen LogP contribution in [0.5, 0.6) is 0 Å². The molecule has 0 bridgehead atoms. The summed E-state index contributed by atoms with van der Waals surface area (Å²) in [5, 5.41) is 4.84. The highest BCUT2D eigenvalue weighted by atomic mass is 32.2. The summed E-state index contributed by atoms with van der Waals surface area (Å²) in [6.07, 6.45) is -0.153. The van der Waals surface area contributed by atoms with E-state index in [4.69, 9.17) is 14.7 Å². The first-order valence-corrected chi connectivity index (χ1v) is 16.3. The molecule has 3 aliphatic rings. The van der Waals surface area contributed by atoms with Crippen molar-refractivity contribution in [2.75, 3.05) is 35.3 Å². The van der Waals surface area contributed by atoms with Gasteiger partial charge in [0.2, 0.25) is 0 Å². The Morgan fingerprint density at radius 2 is 1.59 bits per heavy atom. The minimum Gasteiger partial charge on any atom is -0.377 e. The van der Waals surface area contributed by atoms with Crippen molar-refractivity contribution in [3.05, 3.63) is 65.9 Å². The van der Waals surface area contributed by atoms with E-state index in [-0.39, 0.29) is 17.0 Å². The largest absolute Gasteiger partial charge is 0.416 e. The van der Waals surface area contributed by atoms with Gasteiger partial charge < -0.3 is 20.3 Å². The van der Waals surface area contributed by atoms with E-state index in [0.717, 1.165) is 25.0 Å². The fourth-order valence-electron chi connectivity index (χ4n) is 6.07. The second kappa shape index (κ2) is 11.7. The van der Waals surface area contributed by atoms with Crippen molar-refractivity contribution >= 4 is 33.1 Å². The molecule has 1 saturated heterocycles. The molecule has 2 N–H and O–H groups in total. The second-order valence-electron chi connectivity index (χ2n) is 11.7. The van der Waals surface area contributed by atoms with Gasteiger partial charge in [0, 0.05) is 29.5 Å². The number of urea groups is 1. The molecule has 0 radical (unpaired) electrons. The van der Waals surface area contributed by atoms with Crippen molar-refractivity contribution < 1.29 is 31.1 Å². The minimum atomic E-state index is -4.46. The Balaban J connectivity index is 1.25. The lowest BCUT2D eigenvalue weighted by atomic mass is 10.1. The average Bonchev–Trinajstić information content (AvgIpc) is 3.64. The Kier molecular flexibility index (Phi) is 8.03. The Morgan fingerprint density at radius 1 is 0.977 bits per heavy atom. The molecule has 2 amide bonds. The summed E-state index contributed by atoms with van der Waals surface area (Å²) >= 11 is 0. The van der Waals surface area contributed by atoms with Crippen LogP contribution in [-0.2, 0) is 25.5 Å². The zero-order valence-electron chi connectivity index (χ0n) is 24.2. The number of amides is 2. The van der Waals surface area contributed by atoms with E-state index < -0.39 is 32.4 Å². The highest BCUT2D eigenvalue weighted by molar-refractivity contribution is 7.93. The molecule has 1 aliphatic heterocycles. The van der Waals surface area contributed by atoms with Gasteiger partial charge in [-0.1, -0.05) is 12.8 Å². The van der Waals surface area contributed by atoms with E-state index in [1.165, 1.54) is 12.1 Å². The smallest absolute Gasteiger partial charge is 0.377 e. The number of hydrogen-bond acceptors (Lipinski definition) is 7. The van der Waals surface area contributed by atoms with Gasteiger partial charge in [0.05, 0.1) is 35.8 Å². The predicted octanol–water partition coefficient (Wildman–Crippen LogP) is 6.38. The number of halogens is 3. The third-order valence-corrected chi connectivity index (χ3v) is 11.8. The number of aromatic nitrogens is 2. The number of carbonyl (C=O) groups is 1. The third-order valence-electron chi connectivity index (χ3n) is 8.70. The molecule has 3 fully saturated rings. The minimum absolute atomic E-state index is 0.0516. The first kappa shape index (κ1) is 30.3. The molecule has 2 saturated carbocycles. The highest BCUT2D eigenvalue weighted by Gasteiger charge is 2.59. The first-order chi connectivity index (χ1) is 21.0. The molecule has 2 aliphatic carbocycles. The zero-order valence-corrected chi connectivity index (χ0v) is 25.0. The molecular formula is C31H34F3N5O4S. The van der Waals surface area contributed by atoms with Crippen LogP contribution in [0.4, 0.5) is 35.2 Å². The quantitative estimate of drug-likeness (QED) is 0.312. The van der Waals surface area contributed by atoms with Crippen LogP contribution < -0.4 is 15.5 Å². The topological polar surface area (TPSA) is 114 Å². The monoisotopic (exact) mass is 629 g/mol. The normalized spacial score (nSPS) is 20.4. The van der Waals surface area contributed by atoms with Crippen LogP contribution in [0.15, 0.2) is 54.6 Å². The van der Waals surface area contributed by atoms with Crippen LogP contribution in [0.3, 0.4) is 0 Å². The average molecular weight is 630 g/mol. The molecule has 2 heterocycles. The lowest BCUT2D eigenvalue weighted by molar-refractivity contribution is -0.137. The summed E-state index contributed by atoms with van der Waals surface area (Å²) < 4.78 is 70.8. The van der Waals surface area contributed by atoms with Crippen molar-refractivity contribution in [2.45, 2.75) is 67.7 Å². The Labute approximate surface area is 254 Å². The van der Waals surface area contributed by atoms with Crippen molar-refractivity contribution in [3.63, 3.8) is 0 Å². The summed E-state index contributed by atoms with van der Waals surface area (Å²) in [4.78, 5) is 24.3. The van der Waals surface area contributed by atoms with Crippen LogP contribution in [0, 0.1) is 0 Å². The SMILES string of the molecule is C[C@H]1COCCN1c1cc(C2(S(=O)(=O)C3CCCC3)CC2)nc(-c2ccc(NC(=O)Nc3ccc(C(F)(F)F)cc3)cc2)n1. The van der Waals surface area contributed by atoms with Crippen LogP contribution >= 0.6 is 0 Å². The standard InChI is InChI=1S/C31H34F3N5O4S/c1-20-19-43-17-16-39(20)27-18-26(30(14-15-30)44(41,42)25-4-2-3-5-25)37-28(38-27)21-6-10-23(11-7-21)35-29(40)36-24-12-8-22(9-13-24)31(32,33)34/h6-13,18,20,25H,2-5,14-17,19H2,1H3,(H2,35,36,40)/t20-/m0/s1. The molecule has 0 spiro atoms. The van der Waals surface area contributed by atoms with Gasteiger partial charge in [0.25, 0.3) is 0 Å². The van der Waals surface area contributed by atoms with Crippen molar-refractivity contribution in [1.29, 1.82) is 0 Å². The van der Waals surface area contributed by atoms with E-state index in [0.29, 0.717) is 74.0 Å². The zero-order chi connectivity index (χ0) is 31.1. The van der Waals surface area contributed by atoms with Gasteiger partial charge in [0.15, 0.2) is 15.7 Å². The molecular weight excluding hydrogens is 595 g/mol. The lowest BCUT2D eigenvalue weighted by Crippen LogP contribution is -2.44. The number of ether oxygens (including phenoxy) is 1. The number of nitrogens with one attached hydrogen (secondary N) is 2. The molecule has 2 aromatic carbocycles. The van der Waals surface area contributed by atoms with Gasteiger partial charge in [0.1, 0.15) is 10.6 Å².